The smallest absolute Gasteiger partial charge is 0.306 e. The van der Waals surface area contributed by atoms with Crippen molar-refractivity contribution in [3.05, 3.63) is 36.5 Å². The Hall–Kier alpha value is -2.37. The van der Waals surface area contributed by atoms with E-state index in [0.29, 0.717) is 19.3 Å². The lowest BCUT2D eigenvalue weighted by Crippen LogP contribution is -2.30. The highest BCUT2D eigenvalue weighted by molar-refractivity contribution is 5.71. The fourth-order valence-corrected chi connectivity index (χ4v) is 10.8. The normalized spacial score (nSPS) is 12.2. The van der Waals surface area contributed by atoms with Gasteiger partial charge in [-0.15, -0.1) is 0 Å². The van der Waals surface area contributed by atoms with Crippen molar-refractivity contribution in [2.75, 3.05) is 13.2 Å². The molecule has 0 spiro atoms. The van der Waals surface area contributed by atoms with Crippen LogP contribution in [0.25, 0.3) is 0 Å². The van der Waals surface area contributed by atoms with Crippen molar-refractivity contribution in [1.29, 1.82) is 0 Å². The lowest BCUT2D eigenvalue weighted by atomic mass is 10.0. The minimum absolute atomic E-state index is 0.0674. The fraction of sp³-hybridized carbons (Fsp3) is 0.877. The topological polar surface area (TPSA) is 78.9 Å². The van der Waals surface area contributed by atoms with E-state index in [1.54, 1.807) is 0 Å². The number of rotatable bonds is 66. The van der Waals surface area contributed by atoms with Gasteiger partial charge in [-0.2, -0.15) is 0 Å². The van der Waals surface area contributed by atoms with Crippen LogP contribution in [-0.4, -0.2) is 37.2 Å². The van der Waals surface area contributed by atoms with E-state index in [2.05, 4.69) is 57.2 Å². The maximum atomic E-state index is 12.9. The predicted molar refractivity (Wildman–Crippen MR) is 344 cm³/mol. The highest BCUT2D eigenvalue weighted by atomic mass is 16.6. The summed E-state index contributed by atoms with van der Waals surface area (Å²) < 4.78 is 16.8. The maximum absolute atomic E-state index is 12.9. The van der Waals surface area contributed by atoms with Gasteiger partial charge in [0.05, 0.1) is 0 Å². The van der Waals surface area contributed by atoms with Gasteiger partial charge in [-0.25, -0.2) is 0 Å². The van der Waals surface area contributed by atoms with Crippen LogP contribution in [-0.2, 0) is 28.6 Å². The molecular weight excluding hydrogens is 973 g/mol. The van der Waals surface area contributed by atoms with E-state index in [9.17, 15) is 14.4 Å². The number of carbonyl (C=O) groups is 3. The summed E-state index contributed by atoms with van der Waals surface area (Å²) in [5, 5.41) is 0. The van der Waals surface area contributed by atoms with Crippen LogP contribution in [0.5, 0.6) is 0 Å². The molecule has 1 atom stereocenters. The Labute approximate surface area is 493 Å². The zero-order chi connectivity index (χ0) is 57.1. The molecule has 0 N–H and O–H groups in total. The zero-order valence-electron chi connectivity index (χ0n) is 53.4. The highest BCUT2D eigenvalue weighted by Crippen LogP contribution is 2.18. The van der Waals surface area contributed by atoms with Crippen molar-refractivity contribution in [2.45, 2.75) is 399 Å². The molecule has 0 aliphatic rings. The molecule has 0 aromatic carbocycles. The Morgan fingerprint density at radius 3 is 0.709 bits per heavy atom. The van der Waals surface area contributed by atoms with E-state index in [1.807, 2.05) is 0 Å². The fourth-order valence-electron chi connectivity index (χ4n) is 10.8. The van der Waals surface area contributed by atoms with Crippen molar-refractivity contribution in [2.24, 2.45) is 0 Å². The Balaban J connectivity index is 3.93. The van der Waals surface area contributed by atoms with Gasteiger partial charge in [0, 0.05) is 19.3 Å². The summed E-state index contributed by atoms with van der Waals surface area (Å²) >= 11 is 0. The largest absolute Gasteiger partial charge is 0.462 e. The molecule has 0 aliphatic carbocycles. The van der Waals surface area contributed by atoms with Crippen molar-refractivity contribution in [3.63, 3.8) is 0 Å². The van der Waals surface area contributed by atoms with Crippen LogP contribution in [0.15, 0.2) is 36.5 Å². The molecule has 0 rings (SSSR count). The molecule has 0 bridgehead atoms. The molecule has 0 aromatic heterocycles. The number of ether oxygens (including phenoxy) is 3. The molecule has 6 nitrogen and oxygen atoms in total. The standard InChI is InChI=1S/C73H136O6/c1-4-7-10-13-15-17-19-21-23-25-27-29-31-33-35-36-38-39-41-43-45-47-49-51-53-55-57-60-63-66-72(75)78-69-70(68-77-71(74)65-62-59-12-9-6-3)79-73(76)67-64-61-58-56-54-52-50-48-46-44-42-40-37-34-32-30-28-26-24-22-20-18-16-14-11-8-5-2/h20,22,25-28,70H,4-19,21,23-24,29-69H2,1-3H3/b22-20-,27-25-,28-26-. The molecular formula is C73H136O6. The van der Waals surface area contributed by atoms with Gasteiger partial charge in [0.25, 0.3) is 0 Å². The second-order valence-electron chi connectivity index (χ2n) is 24.1. The van der Waals surface area contributed by atoms with Crippen molar-refractivity contribution in [1.82, 2.24) is 0 Å². The Kier molecular flexibility index (Phi) is 66.1. The zero-order valence-corrected chi connectivity index (χ0v) is 53.4. The lowest BCUT2D eigenvalue weighted by Gasteiger charge is -2.18. The van der Waals surface area contributed by atoms with E-state index >= 15 is 0 Å². The molecule has 0 aliphatic heterocycles. The number of unbranched alkanes of at least 4 members (excludes halogenated alkanes) is 49. The first-order valence-corrected chi connectivity index (χ1v) is 35.5. The third-order valence-corrected chi connectivity index (χ3v) is 16.1. The van der Waals surface area contributed by atoms with Gasteiger partial charge in [0.2, 0.25) is 0 Å². The van der Waals surface area contributed by atoms with Gasteiger partial charge < -0.3 is 14.2 Å². The molecule has 0 radical (unpaired) electrons. The van der Waals surface area contributed by atoms with E-state index in [4.69, 9.17) is 14.2 Å². The van der Waals surface area contributed by atoms with Gasteiger partial charge >= 0.3 is 17.9 Å². The average Bonchev–Trinajstić information content (AvgIpc) is 3.45. The summed E-state index contributed by atoms with van der Waals surface area (Å²) in [5.74, 6) is -0.857. The summed E-state index contributed by atoms with van der Waals surface area (Å²) in [7, 11) is 0. The molecule has 6 heteroatoms. The quantitative estimate of drug-likeness (QED) is 0.0261. The third kappa shape index (κ3) is 66.3. The first-order chi connectivity index (χ1) is 39.0. The number of allylic oxidation sites excluding steroid dienone is 6. The van der Waals surface area contributed by atoms with Crippen LogP contribution in [0.4, 0.5) is 0 Å². The van der Waals surface area contributed by atoms with E-state index in [-0.39, 0.29) is 31.1 Å². The van der Waals surface area contributed by atoms with Gasteiger partial charge in [0.15, 0.2) is 6.10 Å². The molecule has 1 unspecified atom stereocenters. The predicted octanol–water partition coefficient (Wildman–Crippen LogP) is 24.3. The van der Waals surface area contributed by atoms with Gasteiger partial charge in [-0.05, 0) is 77.0 Å². The molecule has 464 valence electrons. The van der Waals surface area contributed by atoms with Gasteiger partial charge in [-0.3, -0.25) is 14.4 Å². The Morgan fingerprint density at radius 1 is 0.253 bits per heavy atom. The number of carbonyl (C=O) groups excluding carboxylic acids is 3. The Bertz CT molecular complexity index is 1320. The number of esters is 3. The highest BCUT2D eigenvalue weighted by Gasteiger charge is 2.19. The van der Waals surface area contributed by atoms with Gasteiger partial charge in [0.1, 0.15) is 13.2 Å². The summed E-state index contributed by atoms with van der Waals surface area (Å²) in [5.41, 5.74) is 0. The summed E-state index contributed by atoms with van der Waals surface area (Å²) in [4.78, 5) is 38.0. The molecule has 0 saturated heterocycles. The summed E-state index contributed by atoms with van der Waals surface area (Å²) in [6.07, 6.45) is 85.2. The van der Waals surface area contributed by atoms with E-state index < -0.39 is 6.10 Å². The van der Waals surface area contributed by atoms with Gasteiger partial charge in [-0.1, -0.05) is 333 Å². The van der Waals surface area contributed by atoms with E-state index in [1.165, 1.54) is 283 Å². The summed E-state index contributed by atoms with van der Waals surface area (Å²) in [6.45, 7) is 6.61. The minimum atomic E-state index is -0.767. The molecule has 0 aromatic rings. The van der Waals surface area contributed by atoms with Crippen LogP contribution >= 0.6 is 0 Å². The van der Waals surface area contributed by atoms with Crippen molar-refractivity contribution >= 4 is 17.9 Å². The van der Waals surface area contributed by atoms with Crippen LogP contribution in [0.1, 0.15) is 393 Å². The molecule has 79 heavy (non-hydrogen) atoms. The minimum Gasteiger partial charge on any atom is -0.462 e. The first-order valence-electron chi connectivity index (χ1n) is 35.5. The monoisotopic (exact) mass is 1110 g/mol. The second kappa shape index (κ2) is 68.1. The molecule has 0 fully saturated rings. The molecule has 0 saturated carbocycles. The SMILES string of the molecule is CCCCCCC/C=C\C/C=C\CCCCCCCCCCCCCCCCCC(=O)OC(COC(=O)CCCCCCC)COC(=O)CCCCCCCCCCCCCCCCCCC/C=C\CCCCCCCCCC. The van der Waals surface area contributed by atoms with Crippen LogP contribution < -0.4 is 0 Å². The van der Waals surface area contributed by atoms with Crippen LogP contribution in [0.3, 0.4) is 0 Å². The van der Waals surface area contributed by atoms with Crippen LogP contribution in [0.2, 0.25) is 0 Å². The van der Waals surface area contributed by atoms with Crippen molar-refractivity contribution in [3.8, 4) is 0 Å². The number of hydrogen-bond acceptors (Lipinski definition) is 6. The average molecular weight is 1110 g/mol. The summed E-state index contributed by atoms with van der Waals surface area (Å²) in [6, 6.07) is 0. The second-order valence-corrected chi connectivity index (χ2v) is 24.1. The maximum Gasteiger partial charge on any atom is 0.306 e. The molecule has 0 heterocycles. The van der Waals surface area contributed by atoms with Crippen LogP contribution in [0, 0.1) is 0 Å². The van der Waals surface area contributed by atoms with Crippen molar-refractivity contribution < 1.29 is 28.6 Å². The Morgan fingerprint density at radius 2 is 0.456 bits per heavy atom. The third-order valence-electron chi connectivity index (χ3n) is 16.1. The lowest BCUT2D eigenvalue weighted by molar-refractivity contribution is -0.167. The number of hydrogen-bond donors (Lipinski definition) is 0. The van der Waals surface area contributed by atoms with E-state index in [0.717, 1.165) is 70.6 Å². The molecule has 0 amide bonds. The first kappa shape index (κ1) is 76.6.